The first kappa shape index (κ1) is 7.78. The third-order valence-corrected chi connectivity index (χ3v) is 1.41. The van der Waals surface area contributed by atoms with Crippen molar-refractivity contribution in [3.8, 4) is 5.75 Å². The highest BCUT2D eigenvalue weighted by Crippen LogP contribution is 2.14. The van der Waals surface area contributed by atoms with E-state index >= 15 is 0 Å². The Balaban J connectivity index is 2.92. The lowest BCUT2D eigenvalue weighted by molar-refractivity contribution is 0.0980. The van der Waals surface area contributed by atoms with Gasteiger partial charge in [0.2, 0.25) is 0 Å². The summed E-state index contributed by atoms with van der Waals surface area (Å²) in [7, 11) is 1.51. The Morgan fingerprint density at radius 1 is 1.82 bits per heavy atom. The van der Waals surface area contributed by atoms with Crippen LogP contribution >= 0.6 is 0 Å². The van der Waals surface area contributed by atoms with Gasteiger partial charge in [-0.3, -0.25) is 9.89 Å². The number of hydrogen-bond acceptors (Lipinski definition) is 3. The molecule has 0 radical (unpaired) electrons. The quantitative estimate of drug-likeness (QED) is 0.661. The van der Waals surface area contributed by atoms with Crippen LogP contribution < -0.4 is 4.74 Å². The van der Waals surface area contributed by atoms with Crippen molar-refractivity contribution in [1.82, 2.24) is 10.2 Å². The topological polar surface area (TPSA) is 55.0 Å². The zero-order valence-electron chi connectivity index (χ0n) is 6.55. The molecule has 0 aliphatic carbocycles. The molecule has 0 aromatic carbocycles. The van der Waals surface area contributed by atoms with Crippen LogP contribution in [0.4, 0.5) is 0 Å². The van der Waals surface area contributed by atoms with E-state index in [1.807, 2.05) is 0 Å². The summed E-state index contributed by atoms with van der Waals surface area (Å²) in [6, 6.07) is 0. The second kappa shape index (κ2) is 3.18. The number of carbonyl (C=O) groups excluding carboxylic acids is 1. The number of Topliss-reactive ketones (excluding diaryl/α,β-unsaturated/α-hetero) is 1. The number of nitrogens with one attached hydrogen (secondary N) is 1. The lowest BCUT2D eigenvalue weighted by Gasteiger charge is -1.95. The summed E-state index contributed by atoms with van der Waals surface area (Å²) in [5.41, 5.74) is 0.384. The third-order valence-electron chi connectivity index (χ3n) is 1.41. The molecule has 0 unspecified atom stereocenters. The highest BCUT2D eigenvalue weighted by molar-refractivity contribution is 5.96. The second-order valence-electron chi connectivity index (χ2n) is 2.08. The Hall–Kier alpha value is -1.32. The van der Waals surface area contributed by atoms with Crippen molar-refractivity contribution in [1.29, 1.82) is 0 Å². The van der Waals surface area contributed by atoms with Gasteiger partial charge < -0.3 is 4.74 Å². The Bertz CT molecular complexity index is 255. The van der Waals surface area contributed by atoms with Gasteiger partial charge in [-0.2, -0.15) is 5.10 Å². The number of H-pyrrole nitrogens is 1. The minimum Gasteiger partial charge on any atom is -0.493 e. The van der Waals surface area contributed by atoms with E-state index in [4.69, 9.17) is 4.74 Å². The van der Waals surface area contributed by atoms with E-state index < -0.39 is 0 Å². The number of aromatic amines is 1. The molecule has 0 saturated carbocycles. The van der Waals surface area contributed by atoms with Crippen LogP contribution in [0, 0.1) is 0 Å². The smallest absolute Gasteiger partial charge is 0.186 e. The Labute approximate surface area is 64.6 Å². The standard InChI is InChI=1S/C7H10N2O2/c1-3-5(10)7-6(11-2)4-8-9-7/h4H,3H2,1-2H3,(H,8,9). The fourth-order valence-electron chi connectivity index (χ4n) is 0.802. The third kappa shape index (κ3) is 1.39. The summed E-state index contributed by atoms with van der Waals surface area (Å²) in [6.45, 7) is 1.79. The van der Waals surface area contributed by atoms with Crippen LogP contribution in [0.5, 0.6) is 5.75 Å². The maximum Gasteiger partial charge on any atom is 0.186 e. The van der Waals surface area contributed by atoms with Crippen LogP contribution in [0.3, 0.4) is 0 Å². The van der Waals surface area contributed by atoms with E-state index in [-0.39, 0.29) is 5.78 Å². The Morgan fingerprint density at radius 2 is 2.55 bits per heavy atom. The summed E-state index contributed by atoms with van der Waals surface area (Å²) in [5.74, 6) is 0.500. The van der Waals surface area contributed by atoms with Gasteiger partial charge in [-0.25, -0.2) is 0 Å². The zero-order chi connectivity index (χ0) is 8.27. The number of carbonyl (C=O) groups is 1. The van der Waals surface area contributed by atoms with Crippen molar-refractivity contribution in [2.24, 2.45) is 0 Å². The van der Waals surface area contributed by atoms with Gasteiger partial charge in [0.25, 0.3) is 0 Å². The molecule has 60 valence electrons. The number of aromatic nitrogens is 2. The summed E-state index contributed by atoms with van der Waals surface area (Å²) >= 11 is 0. The van der Waals surface area contributed by atoms with Crippen molar-refractivity contribution in [3.05, 3.63) is 11.9 Å². The van der Waals surface area contributed by atoms with E-state index in [9.17, 15) is 4.79 Å². The van der Waals surface area contributed by atoms with E-state index in [1.54, 1.807) is 13.1 Å². The minimum atomic E-state index is -0.0110. The van der Waals surface area contributed by atoms with Crippen molar-refractivity contribution >= 4 is 5.78 Å². The fraction of sp³-hybridized carbons (Fsp3) is 0.429. The maximum atomic E-state index is 11.1. The average Bonchev–Trinajstić information content (AvgIpc) is 2.50. The van der Waals surface area contributed by atoms with Crippen molar-refractivity contribution in [2.45, 2.75) is 13.3 Å². The highest BCUT2D eigenvalue weighted by Gasteiger charge is 2.12. The molecule has 1 aromatic rings. The van der Waals surface area contributed by atoms with Gasteiger partial charge in [-0.1, -0.05) is 6.92 Å². The zero-order valence-corrected chi connectivity index (χ0v) is 6.55. The average molecular weight is 154 g/mol. The molecule has 1 rings (SSSR count). The molecule has 0 aliphatic rings. The first-order chi connectivity index (χ1) is 5.29. The lowest BCUT2D eigenvalue weighted by Crippen LogP contribution is -1.99. The molecule has 1 heterocycles. The van der Waals surface area contributed by atoms with Crippen molar-refractivity contribution in [2.75, 3.05) is 7.11 Å². The van der Waals surface area contributed by atoms with Gasteiger partial charge in [0, 0.05) is 6.42 Å². The summed E-state index contributed by atoms with van der Waals surface area (Å²) < 4.78 is 4.89. The number of rotatable bonds is 3. The van der Waals surface area contributed by atoms with Gasteiger partial charge in [-0.05, 0) is 0 Å². The first-order valence-electron chi connectivity index (χ1n) is 3.40. The summed E-state index contributed by atoms with van der Waals surface area (Å²) in [6.07, 6.45) is 2.00. The molecule has 0 bridgehead atoms. The number of ether oxygens (including phenoxy) is 1. The molecule has 1 N–H and O–H groups in total. The van der Waals surface area contributed by atoms with Crippen LogP contribution in [-0.4, -0.2) is 23.1 Å². The van der Waals surface area contributed by atoms with E-state index in [1.165, 1.54) is 7.11 Å². The molecule has 0 atom stereocenters. The molecule has 0 fully saturated rings. The van der Waals surface area contributed by atoms with Crippen LogP contribution in [0.2, 0.25) is 0 Å². The van der Waals surface area contributed by atoms with E-state index in [0.717, 1.165) is 0 Å². The molecule has 4 heteroatoms. The van der Waals surface area contributed by atoms with Crippen LogP contribution in [0.1, 0.15) is 23.8 Å². The molecule has 0 aliphatic heterocycles. The molecule has 0 amide bonds. The van der Waals surface area contributed by atoms with Gasteiger partial charge in [0.15, 0.2) is 17.2 Å². The Morgan fingerprint density at radius 3 is 3.09 bits per heavy atom. The normalized spacial score (nSPS) is 9.64. The van der Waals surface area contributed by atoms with Gasteiger partial charge in [0.05, 0.1) is 13.3 Å². The highest BCUT2D eigenvalue weighted by atomic mass is 16.5. The fourth-order valence-corrected chi connectivity index (χ4v) is 0.802. The number of nitrogens with zero attached hydrogens (tertiary/aromatic N) is 1. The van der Waals surface area contributed by atoms with Crippen LogP contribution in [0.15, 0.2) is 6.20 Å². The minimum absolute atomic E-state index is 0.0110. The van der Waals surface area contributed by atoms with Gasteiger partial charge in [0.1, 0.15) is 0 Å². The Kier molecular flexibility index (Phi) is 2.25. The molecule has 4 nitrogen and oxygen atoms in total. The maximum absolute atomic E-state index is 11.1. The SMILES string of the molecule is CCC(=O)c1n[nH]cc1OC. The number of ketones is 1. The predicted octanol–water partition coefficient (Wildman–Crippen LogP) is 1.01. The molecular formula is C7H10N2O2. The van der Waals surface area contributed by atoms with Crippen molar-refractivity contribution in [3.63, 3.8) is 0 Å². The van der Waals surface area contributed by atoms with Gasteiger partial charge >= 0.3 is 0 Å². The first-order valence-corrected chi connectivity index (χ1v) is 3.40. The lowest BCUT2D eigenvalue weighted by atomic mass is 10.2. The largest absolute Gasteiger partial charge is 0.493 e. The molecule has 11 heavy (non-hydrogen) atoms. The van der Waals surface area contributed by atoms with E-state index in [2.05, 4.69) is 10.2 Å². The van der Waals surface area contributed by atoms with Crippen LogP contribution in [0.25, 0.3) is 0 Å². The monoisotopic (exact) mass is 154 g/mol. The number of methoxy groups -OCH3 is 1. The van der Waals surface area contributed by atoms with Crippen LogP contribution in [-0.2, 0) is 0 Å². The summed E-state index contributed by atoms with van der Waals surface area (Å²) in [4.78, 5) is 11.1. The number of hydrogen-bond donors (Lipinski definition) is 1. The van der Waals surface area contributed by atoms with Crippen molar-refractivity contribution < 1.29 is 9.53 Å². The molecule has 0 saturated heterocycles. The second-order valence-corrected chi connectivity index (χ2v) is 2.08. The molecular weight excluding hydrogens is 144 g/mol. The van der Waals surface area contributed by atoms with Gasteiger partial charge in [-0.15, -0.1) is 0 Å². The molecule has 1 aromatic heterocycles. The van der Waals surface area contributed by atoms with E-state index in [0.29, 0.717) is 17.9 Å². The molecule has 0 spiro atoms. The summed E-state index contributed by atoms with van der Waals surface area (Å²) in [5, 5.41) is 6.33. The predicted molar refractivity (Wildman–Crippen MR) is 39.8 cm³/mol.